The Labute approximate surface area is 180 Å². The molecule has 9 nitrogen and oxygen atoms in total. The Hall–Kier alpha value is -2.46. The Kier molecular flexibility index (Phi) is 9.25. The van der Waals surface area contributed by atoms with Crippen LogP contribution >= 0.6 is 11.8 Å². The van der Waals surface area contributed by atoms with Crippen molar-refractivity contribution in [2.24, 2.45) is 0 Å². The summed E-state index contributed by atoms with van der Waals surface area (Å²) in [6.45, 7) is 0.0139. The largest absolute Gasteiger partial charge is 0.493 e. The first-order chi connectivity index (χ1) is 14.4. The molecular weight excluding hydrogens is 410 g/mol. The Morgan fingerprint density at radius 3 is 2.67 bits per heavy atom. The molecule has 1 aromatic carbocycles. The summed E-state index contributed by atoms with van der Waals surface area (Å²) < 4.78 is 10.5. The Morgan fingerprint density at radius 2 is 2.03 bits per heavy atom. The van der Waals surface area contributed by atoms with Crippen molar-refractivity contribution < 1.29 is 29.0 Å². The van der Waals surface area contributed by atoms with Crippen molar-refractivity contribution >= 4 is 29.6 Å². The fourth-order valence-corrected chi connectivity index (χ4v) is 3.67. The molecule has 166 valence electrons. The van der Waals surface area contributed by atoms with Gasteiger partial charge in [0.1, 0.15) is 6.04 Å². The fourth-order valence-electron chi connectivity index (χ4n) is 3.15. The van der Waals surface area contributed by atoms with E-state index in [4.69, 9.17) is 9.47 Å². The molecule has 0 saturated carbocycles. The number of nitrogens with one attached hydrogen (secondary N) is 2. The van der Waals surface area contributed by atoms with E-state index < -0.39 is 18.0 Å². The SMILES string of the molecule is COc1ccc(CCN2C(=O)N[C@H](CC(=O)N[C@H](CO)CCSC)C2=O)cc1OC. The molecule has 0 radical (unpaired) electrons. The van der Waals surface area contributed by atoms with E-state index in [2.05, 4.69) is 10.6 Å². The van der Waals surface area contributed by atoms with E-state index in [0.29, 0.717) is 24.3 Å². The molecule has 1 aliphatic heterocycles. The van der Waals surface area contributed by atoms with Crippen LogP contribution in [0, 0.1) is 0 Å². The maximum atomic E-state index is 12.6. The second kappa shape index (κ2) is 11.7. The molecule has 2 rings (SSSR count). The summed E-state index contributed by atoms with van der Waals surface area (Å²) in [6, 6.07) is 3.63. The minimum atomic E-state index is -0.900. The summed E-state index contributed by atoms with van der Waals surface area (Å²) in [5.41, 5.74) is 0.883. The molecule has 0 unspecified atom stereocenters. The molecule has 1 heterocycles. The zero-order valence-corrected chi connectivity index (χ0v) is 18.3. The van der Waals surface area contributed by atoms with Crippen LogP contribution in [-0.4, -0.2) is 79.3 Å². The highest BCUT2D eigenvalue weighted by Gasteiger charge is 2.38. The monoisotopic (exact) mass is 439 g/mol. The molecule has 10 heteroatoms. The second-order valence-corrected chi connectivity index (χ2v) is 7.85. The van der Waals surface area contributed by atoms with Gasteiger partial charge in [0, 0.05) is 6.54 Å². The van der Waals surface area contributed by atoms with E-state index in [1.807, 2.05) is 12.3 Å². The maximum Gasteiger partial charge on any atom is 0.324 e. The lowest BCUT2D eigenvalue weighted by Gasteiger charge is -2.17. The number of hydrogen-bond acceptors (Lipinski definition) is 7. The van der Waals surface area contributed by atoms with Gasteiger partial charge in [-0.1, -0.05) is 6.07 Å². The third kappa shape index (κ3) is 6.27. The third-order valence-corrected chi connectivity index (χ3v) is 5.47. The van der Waals surface area contributed by atoms with Gasteiger partial charge in [-0.3, -0.25) is 14.5 Å². The summed E-state index contributed by atoms with van der Waals surface area (Å²) in [5, 5.41) is 14.6. The number of aliphatic hydroxyl groups excluding tert-OH is 1. The van der Waals surface area contributed by atoms with Gasteiger partial charge in [0.05, 0.1) is 33.3 Å². The molecule has 0 aromatic heterocycles. The average molecular weight is 440 g/mol. The van der Waals surface area contributed by atoms with Gasteiger partial charge in [0.2, 0.25) is 5.91 Å². The summed E-state index contributed by atoms with van der Waals surface area (Å²) in [5.74, 6) is 1.16. The molecule has 1 fully saturated rings. The predicted molar refractivity (Wildman–Crippen MR) is 114 cm³/mol. The summed E-state index contributed by atoms with van der Waals surface area (Å²) in [4.78, 5) is 38.1. The van der Waals surface area contributed by atoms with Crippen molar-refractivity contribution in [2.45, 2.75) is 31.3 Å². The lowest BCUT2D eigenvalue weighted by Crippen LogP contribution is -2.42. The van der Waals surface area contributed by atoms with E-state index in [0.717, 1.165) is 16.2 Å². The molecule has 0 aliphatic carbocycles. The van der Waals surface area contributed by atoms with Gasteiger partial charge < -0.3 is 25.2 Å². The number of carbonyl (C=O) groups excluding carboxylic acids is 3. The normalized spacial score (nSPS) is 16.9. The van der Waals surface area contributed by atoms with E-state index >= 15 is 0 Å². The van der Waals surface area contributed by atoms with E-state index in [1.54, 1.807) is 31.0 Å². The number of hydrogen-bond donors (Lipinski definition) is 3. The van der Waals surface area contributed by atoms with E-state index in [9.17, 15) is 19.5 Å². The zero-order chi connectivity index (χ0) is 22.1. The van der Waals surface area contributed by atoms with Gasteiger partial charge in [-0.15, -0.1) is 0 Å². The molecule has 1 aliphatic rings. The molecule has 0 spiro atoms. The van der Waals surface area contributed by atoms with Crippen LogP contribution in [-0.2, 0) is 16.0 Å². The predicted octanol–water partition coefficient (Wildman–Crippen LogP) is 0.787. The second-order valence-electron chi connectivity index (χ2n) is 6.86. The van der Waals surface area contributed by atoms with Gasteiger partial charge in [-0.25, -0.2) is 4.79 Å². The molecule has 0 bridgehead atoms. The molecule has 1 saturated heterocycles. The fraction of sp³-hybridized carbons (Fsp3) is 0.550. The van der Waals surface area contributed by atoms with Gasteiger partial charge in [-0.05, 0) is 42.5 Å². The number of imide groups is 1. The van der Waals surface area contributed by atoms with Crippen molar-refractivity contribution in [3.05, 3.63) is 23.8 Å². The van der Waals surface area contributed by atoms with Crippen LogP contribution in [0.25, 0.3) is 0 Å². The number of urea groups is 1. The van der Waals surface area contributed by atoms with Gasteiger partial charge >= 0.3 is 6.03 Å². The topological polar surface area (TPSA) is 117 Å². The van der Waals surface area contributed by atoms with Crippen molar-refractivity contribution in [3.63, 3.8) is 0 Å². The molecular formula is C20H29N3O6S. The Morgan fingerprint density at radius 1 is 1.30 bits per heavy atom. The average Bonchev–Trinajstić information content (AvgIpc) is 3.01. The molecule has 30 heavy (non-hydrogen) atoms. The Bertz CT molecular complexity index is 760. The minimum Gasteiger partial charge on any atom is -0.493 e. The lowest BCUT2D eigenvalue weighted by molar-refractivity contribution is -0.131. The minimum absolute atomic E-state index is 0.160. The number of methoxy groups -OCH3 is 2. The van der Waals surface area contributed by atoms with E-state index in [1.165, 1.54) is 7.11 Å². The Balaban J connectivity index is 1.90. The highest BCUT2D eigenvalue weighted by atomic mass is 32.2. The lowest BCUT2D eigenvalue weighted by atomic mass is 10.1. The first-order valence-electron chi connectivity index (χ1n) is 9.65. The number of nitrogens with zero attached hydrogens (tertiary/aromatic N) is 1. The van der Waals surface area contributed by atoms with Crippen LogP contribution in [0.15, 0.2) is 18.2 Å². The highest BCUT2D eigenvalue weighted by Crippen LogP contribution is 2.27. The summed E-state index contributed by atoms with van der Waals surface area (Å²) in [7, 11) is 3.09. The number of thioether (sulfide) groups is 1. The number of ether oxygens (including phenoxy) is 2. The summed E-state index contributed by atoms with van der Waals surface area (Å²) in [6.07, 6.45) is 2.86. The number of carbonyl (C=O) groups is 3. The zero-order valence-electron chi connectivity index (χ0n) is 17.5. The third-order valence-electron chi connectivity index (χ3n) is 4.82. The van der Waals surface area contributed by atoms with Gasteiger partial charge in [0.15, 0.2) is 11.5 Å². The number of aliphatic hydroxyl groups is 1. The van der Waals surface area contributed by atoms with Crippen molar-refractivity contribution in [3.8, 4) is 11.5 Å². The molecule has 1 aromatic rings. The van der Waals surface area contributed by atoms with Crippen LogP contribution in [0.2, 0.25) is 0 Å². The first-order valence-corrected chi connectivity index (χ1v) is 11.0. The van der Waals surface area contributed by atoms with Crippen molar-refractivity contribution in [1.82, 2.24) is 15.5 Å². The standard InChI is InChI=1S/C20H29N3O6S/c1-28-16-5-4-13(10-17(16)29-2)6-8-23-19(26)15(22-20(23)27)11-18(25)21-14(12-24)7-9-30-3/h4-5,10,14-15,24H,6-9,11-12H2,1-3H3,(H,21,25)(H,22,27)/t14-,15+/m0/s1. The van der Waals surface area contributed by atoms with E-state index in [-0.39, 0.29) is 31.5 Å². The van der Waals surface area contributed by atoms with Gasteiger partial charge in [-0.2, -0.15) is 11.8 Å². The summed E-state index contributed by atoms with van der Waals surface area (Å²) >= 11 is 1.62. The van der Waals surface area contributed by atoms with Crippen LogP contribution in [0.3, 0.4) is 0 Å². The van der Waals surface area contributed by atoms with Gasteiger partial charge in [0.25, 0.3) is 5.91 Å². The van der Waals surface area contributed by atoms with Crippen molar-refractivity contribution in [1.29, 1.82) is 0 Å². The van der Waals surface area contributed by atoms with Crippen LogP contribution < -0.4 is 20.1 Å². The smallest absolute Gasteiger partial charge is 0.324 e. The highest BCUT2D eigenvalue weighted by molar-refractivity contribution is 7.98. The van der Waals surface area contributed by atoms with Crippen LogP contribution in [0.5, 0.6) is 11.5 Å². The molecule has 4 amide bonds. The first kappa shape index (κ1) is 23.8. The van der Waals surface area contributed by atoms with Crippen molar-refractivity contribution in [2.75, 3.05) is 39.4 Å². The number of amides is 4. The maximum absolute atomic E-state index is 12.6. The van der Waals surface area contributed by atoms with Crippen LogP contribution in [0.1, 0.15) is 18.4 Å². The number of rotatable bonds is 12. The quantitative estimate of drug-likeness (QED) is 0.412. The number of benzene rings is 1. The molecule has 2 atom stereocenters. The van der Waals surface area contributed by atoms with Crippen LogP contribution in [0.4, 0.5) is 4.79 Å². The molecule has 3 N–H and O–H groups in total.